The van der Waals surface area contributed by atoms with E-state index in [0.717, 1.165) is 25.5 Å². The number of phenolic OH excluding ortho intramolecular Hbond substituents is 1. The van der Waals surface area contributed by atoms with Crippen molar-refractivity contribution >= 4 is 26.7 Å². The molecule has 2 aliphatic rings. The van der Waals surface area contributed by atoms with Crippen molar-refractivity contribution in [3.8, 4) is 5.75 Å². The van der Waals surface area contributed by atoms with Gasteiger partial charge in [0.05, 0.1) is 18.3 Å². The number of aliphatic hydroxyl groups is 1. The summed E-state index contributed by atoms with van der Waals surface area (Å²) < 4.78 is 27.3. The fourth-order valence-electron chi connectivity index (χ4n) is 5.09. The van der Waals surface area contributed by atoms with Gasteiger partial charge in [-0.3, -0.25) is 9.69 Å². The van der Waals surface area contributed by atoms with Crippen LogP contribution in [0.25, 0.3) is 11.5 Å². The predicted molar refractivity (Wildman–Crippen MR) is 146 cm³/mol. The first-order valence-electron chi connectivity index (χ1n) is 12.8. The number of carbonyl (C=O) groups is 1. The van der Waals surface area contributed by atoms with Crippen molar-refractivity contribution in [1.29, 1.82) is 0 Å². The number of aliphatic hydroxyl groups excluding tert-OH is 1. The molecule has 0 aromatic heterocycles. The summed E-state index contributed by atoms with van der Waals surface area (Å²) in [5.74, 6) is 0.131. The molecular weight excluding hydrogens is 511 g/mol. The summed E-state index contributed by atoms with van der Waals surface area (Å²) in [4.78, 5) is 16.7. The molecule has 2 saturated heterocycles. The minimum absolute atomic E-state index is 0.0194. The third-order valence-electron chi connectivity index (χ3n) is 7.22. The van der Waals surface area contributed by atoms with Crippen molar-refractivity contribution in [2.75, 3.05) is 32.7 Å². The second-order valence-electron chi connectivity index (χ2n) is 10.1. The van der Waals surface area contributed by atoms with Gasteiger partial charge in [0.15, 0.2) is 0 Å². The molecule has 2 unspecified atom stereocenters. The highest BCUT2D eigenvalue weighted by Crippen LogP contribution is 2.37. The monoisotopic (exact) mass is 547 g/mol. The van der Waals surface area contributed by atoms with Gasteiger partial charge >= 0.3 is 0 Å². The van der Waals surface area contributed by atoms with E-state index in [4.69, 9.17) is 11.5 Å². The van der Waals surface area contributed by atoms with Crippen molar-refractivity contribution < 1.29 is 23.8 Å². The molecule has 2 aromatic rings. The Morgan fingerprint density at radius 3 is 2.42 bits per heavy atom. The van der Waals surface area contributed by atoms with Crippen LogP contribution in [0, 0.1) is 0 Å². The zero-order valence-corrected chi connectivity index (χ0v) is 22.4. The van der Waals surface area contributed by atoms with Gasteiger partial charge < -0.3 is 31.9 Å². The van der Waals surface area contributed by atoms with E-state index in [0.29, 0.717) is 55.3 Å². The molecule has 0 aliphatic carbocycles. The molecule has 2 heterocycles. The number of alkyl halides is 2. The number of hydrogen-bond acceptors (Lipinski definition) is 7. The Morgan fingerprint density at radius 2 is 1.76 bits per heavy atom. The molecule has 0 saturated carbocycles. The van der Waals surface area contributed by atoms with Gasteiger partial charge in [0.25, 0.3) is 5.66 Å². The molecule has 2 fully saturated rings. The van der Waals surface area contributed by atoms with Gasteiger partial charge in [-0.25, -0.2) is 0 Å². The SMILES string of the molecule is N/C(c1ccc(C(F)(F)P)cc1O)=c1/cccc/c1=C(/N)NC1CCCN(CC(=O)N2CCC(O)CC2)C1. The van der Waals surface area contributed by atoms with Gasteiger partial charge in [0, 0.05) is 47.2 Å². The van der Waals surface area contributed by atoms with Crippen LogP contribution in [-0.2, 0) is 10.5 Å². The van der Waals surface area contributed by atoms with E-state index in [1.54, 1.807) is 12.1 Å². The number of benzene rings is 2. The zero-order chi connectivity index (χ0) is 27.4. The molecule has 0 radical (unpaired) electrons. The van der Waals surface area contributed by atoms with Crippen molar-refractivity contribution in [3.05, 3.63) is 64.0 Å². The average Bonchev–Trinajstić information content (AvgIpc) is 2.88. The number of nitrogens with zero attached hydrogens (tertiary/aromatic N) is 2. The molecule has 2 atom stereocenters. The van der Waals surface area contributed by atoms with E-state index >= 15 is 0 Å². The maximum Gasteiger partial charge on any atom is 0.284 e. The van der Waals surface area contributed by atoms with Gasteiger partial charge in [0.2, 0.25) is 5.91 Å². The Hall–Kier alpha value is -2.94. The summed E-state index contributed by atoms with van der Waals surface area (Å²) in [5.41, 5.74) is 9.84. The zero-order valence-electron chi connectivity index (χ0n) is 21.2. The highest BCUT2D eigenvalue weighted by molar-refractivity contribution is 7.17. The Morgan fingerprint density at radius 1 is 1.08 bits per heavy atom. The Balaban J connectivity index is 1.53. The van der Waals surface area contributed by atoms with E-state index in [1.807, 2.05) is 17.0 Å². The van der Waals surface area contributed by atoms with Crippen LogP contribution < -0.4 is 27.2 Å². The summed E-state index contributed by atoms with van der Waals surface area (Å²) in [6.45, 7) is 2.97. The molecular formula is C27H36F2N5O3P. The van der Waals surface area contributed by atoms with Gasteiger partial charge in [-0.1, -0.05) is 39.6 Å². The minimum atomic E-state index is -3.17. The molecule has 2 aromatic carbocycles. The number of hydrogen-bond donors (Lipinski definition) is 5. The minimum Gasteiger partial charge on any atom is -0.507 e. The smallest absolute Gasteiger partial charge is 0.284 e. The van der Waals surface area contributed by atoms with Gasteiger partial charge in [-0.15, -0.1) is 0 Å². The molecule has 1 amide bonds. The lowest BCUT2D eigenvalue weighted by Crippen LogP contribution is -2.52. The first kappa shape index (κ1) is 28.1. The maximum absolute atomic E-state index is 13.6. The average molecular weight is 548 g/mol. The number of likely N-dealkylation sites (tertiary alicyclic amines) is 2. The molecule has 7 N–H and O–H groups in total. The standard InChI is InChI=1S/C27H36F2N5O3P/c28-27(29,38)17-7-8-22(23(36)14-17)25(30)20-5-1-2-6-21(20)26(31)32-18-4-3-11-33(15-18)16-24(37)34-12-9-19(35)10-13-34/h1-2,5-8,14,18-19,32,35-36H,3-4,9-13,15-16,30-31,38H2/b25-20-,26-21+. The topological polar surface area (TPSA) is 128 Å². The first-order chi connectivity index (χ1) is 18.0. The molecule has 4 rings (SSSR count). The molecule has 206 valence electrons. The van der Waals surface area contributed by atoms with Crippen LogP contribution in [0.1, 0.15) is 36.8 Å². The summed E-state index contributed by atoms with van der Waals surface area (Å²) in [7, 11) is 1.45. The highest BCUT2D eigenvalue weighted by atomic mass is 31.0. The van der Waals surface area contributed by atoms with Crippen LogP contribution in [0.15, 0.2) is 42.5 Å². The normalized spacial score (nSPS) is 21.2. The lowest BCUT2D eigenvalue weighted by atomic mass is 10.0. The van der Waals surface area contributed by atoms with E-state index in [2.05, 4.69) is 10.2 Å². The lowest BCUT2D eigenvalue weighted by molar-refractivity contribution is -0.134. The number of halogens is 2. The number of amides is 1. The van der Waals surface area contributed by atoms with Gasteiger partial charge in [-0.2, -0.15) is 8.78 Å². The lowest BCUT2D eigenvalue weighted by Gasteiger charge is -2.36. The molecule has 0 bridgehead atoms. The van der Waals surface area contributed by atoms with Crippen molar-refractivity contribution in [2.45, 2.75) is 43.5 Å². The van der Waals surface area contributed by atoms with Gasteiger partial charge in [-0.05, 0) is 44.4 Å². The molecule has 0 spiro atoms. The third kappa shape index (κ3) is 6.73. The van der Waals surface area contributed by atoms with E-state index in [-0.39, 0.29) is 40.6 Å². The van der Waals surface area contributed by atoms with Crippen molar-refractivity contribution in [2.24, 2.45) is 11.5 Å². The Labute approximate surface area is 223 Å². The summed E-state index contributed by atoms with van der Waals surface area (Å²) >= 11 is 0. The number of piperidine rings is 2. The van der Waals surface area contributed by atoms with E-state index in [9.17, 15) is 23.8 Å². The van der Waals surface area contributed by atoms with Crippen LogP contribution in [0.4, 0.5) is 8.78 Å². The largest absolute Gasteiger partial charge is 0.507 e. The predicted octanol–water partition coefficient (Wildman–Crippen LogP) is 0.494. The van der Waals surface area contributed by atoms with Crippen LogP contribution in [0.3, 0.4) is 0 Å². The van der Waals surface area contributed by atoms with E-state index in [1.165, 1.54) is 21.4 Å². The second-order valence-corrected chi connectivity index (χ2v) is 10.8. The van der Waals surface area contributed by atoms with Crippen LogP contribution in [0.2, 0.25) is 0 Å². The molecule has 8 nitrogen and oxygen atoms in total. The summed E-state index contributed by atoms with van der Waals surface area (Å²) in [6, 6.07) is 10.8. The van der Waals surface area contributed by atoms with Crippen LogP contribution in [-0.4, -0.2) is 70.8 Å². The number of carbonyl (C=O) groups excluding carboxylic acids is 1. The maximum atomic E-state index is 13.6. The molecule has 11 heteroatoms. The summed E-state index contributed by atoms with van der Waals surface area (Å²) in [6.07, 6.45) is 2.71. The van der Waals surface area contributed by atoms with Crippen LogP contribution >= 0.6 is 9.24 Å². The number of phenols is 1. The number of aromatic hydroxyl groups is 1. The Bertz CT molecular complexity index is 1280. The first-order valence-corrected chi connectivity index (χ1v) is 13.4. The van der Waals surface area contributed by atoms with Crippen LogP contribution in [0.5, 0.6) is 5.75 Å². The highest BCUT2D eigenvalue weighted by Gasteiger charge is 2.27. The third-order valence-corrected chi connectivity index (χ3v) is 7.55. The molecule has 38 heavy (non-hydrogen) atoms. The van der Waals surface area contributed by atoms with Gasteiger partial charge in [0.1, 0.15) is 11.6 Å². The summed E-state index contributed by atoms with van der Waals surface area (Å²) in [5, 5.41) is 24.7. The number of nitrogens with one attached hydrogen (secondary N) is 1. The Kier molecular flexibility index (Phi) is 8.75. The van der Waals surface area contributed by atoms with E-state index < -0.39 is 5.66 Å². The molecule has 2 aliphatic heterocycles. The fourth-order valence-corrected chi connectivity index (χ4v) is 5.27. The quantitative estimate of drug-likeness (QED) is 0.333. The fraction of sp³-hybridized carbons (Fsp3) is 0.444. The van der Waals surface area contributed by atoms with Crippen molar-refractivity contribution in [1.82, 2.24) is 15.1 Å². The second kappa shape index (κ2) is 11.8. The van der Waals surface area contributed by atoms with Crippen molar-refractivity contribution in [3.63, 3.8) is 0 Å². The number of nitrogens with two attached hydrogens (primary N) is 2. The number of rotatable bonds is 6.